The van der Waals surface area contributed by atoms with Crippen LogP contribution < -0.4 is 10.6 Å². The van der Waals surface area contributed by atoms with Crippen LogP contribution in [0.25, 0.3) is 0 Å². The summed E-state index contributed by atoms with van der Waals surface area (Å²) in [6.45, 7) is 7.97. The zero-order valence-electron chi connectivity index (χ0n) is 16.0. The van der Waals surface area contributed by atoms with Crippen molar-refractivity contribution in [2.24, 2.45) is 29.1 Å². The average molecular weight is 351 g/mol. The van der Waals surface area contributed by atoms with Crippen molar-refractivity contribution in [1.82, 2.24) is 10.6 Å². The molecule has 0 aromatic rings. The molecule has 0 aliphatic heterocycles. The number of nitrogens with one attached hydrogen (secondary N) is 2. The zero-order chi connectivity index (χ0) is 18.4. The fourth-order valence-corrected chi connectivity index (χ4v) is 5.51. The standard InChI is InChI=1S/C20H34N2O3/c1-11(19(25)22-14-5-6-14)15-7-9-20(4)10-8-16(21-13(3)23)12(2)17(20)18(15)24/h11-12,14-18,24H,5-10H2,1-4H3,(H,21,23)(H,22,25)/t11?,12-,15+,16+,17-,18+,20+/m1/s1. The van der Waals surface area contributed by atoms with Gasteiger partial charge in [-0.05, 0) is 61.7 Å². The monoisotopic (exact) mass is 350 g/mol. The molecule has 5 nitrogen and oxygen atoms in total. The lowest BCUT2D eigenvalue weighted by atomic mass is 9.51. The molecule has 0 aromatic carbocycles. The van der Waals surface area contributed by atoms with E-state index < -0.39 is 6.10 Å². The third kappa shape index (κ3) is 3.71. The molecule has 0 saturated heterocycles. The number of carbonyl (C=O) groups is 2. The summed E-state index contributed by atoms with van der Waals surface area (Å²) in [7, 11) is 0. The molecule has 0 aromatic heterocycles. The number of amides is 2. The van der Waals surface area contributed by atoms with Crippen LogP contribution in [0.5, 0.6) is 0 Å². The second kappa shape index (κ2) is 6.90. The Kier molecular flexibility index (Phi) is 5.16. The predicted molar refractivity (Wildman–Crippen MR) is 96.7 cm³/mol. The summed E-state index contributed by atoms with van der Waals surface area (Å²) in [4.78, 5) is 24.0. The third-order valence-corrected chi connectivity index (χ3v) is 7.26. The molecule has 0 heterocycles. The molecular weight excluding hydrogens is 316 g/mol. The summed E-state index contributed by atoms with van der Waals surface area (Å²) < 4.78 is 0. The van der Waals surface area contributed by atoms with E-state index in [1.54, 1.807) is 6.92 Å². The van der Waals surface area contributed by atoms with Gasteiger partial charge in [0.05, 0.1) is 6.10 Å². The van der Waals surface area contributed by atoms with Gasteiger partial charge in [0.2, 0.25) is 11.8 Å². The summed E-state index contributed by atoms with van der Waals surface area (Å²) in [6, 6.07) is 0.485. The third-order valence-electron chi connectivity index (χ3n) is 7.26. The van der Waals surface area contributed by atoms with Gasteiger partial charge in [-0.3, -0.25) is 9.59 Å². The quantitative estimate of drug-likeness (QED) is 0.727. The largest absolute Gasteiger partial charge is 0.392 e. The Bertz CT molecular complexity index is 533. The Morgan fingerprint density at radius 3 is 2.36 bits per heavy atom. The van der Waals surface area contributed by atoms with Crippen molar-refractivity contribution >= 4 is 11.8 Å². The van der Waals surface area contributed by atoms with Crippen LogP contribution in [0.3, 0.4) is 0 Å². The first kappa shape index (κ1) is 18.7. The highest BCUT2D eigenvalue weighted by molar-refractivity contribution is 5.79. The van der Waals surface area contributed by atoms with Crippen molar-refractivity contribution in [3.05, 3.63) is 0 Å². The van der Waals surface area contributed by atoms with Crippen molar-refractivity contribution in [1.29, 1.82) is 0 Å². The molecule has 0 spiro atoms. The number of aliphatic hydroxyl groups excluding tert-OH is 1. The van der Waals surface area contributed by atoms with E-state index in [0.717, 1.165) is 38.5 Å². The van der Waals surface area contributed by atoms with Crippen molar-refractivity contribution in [3.8, 4) is 0 Å². The van der Waals surface area contributed by atoms with Gasteiger partial charge in [-0.25, -0.2) is 0 Å². The second-order valence-corrected chi connectivity index (χ2v) is 9.15. The molecule has 3 N–H and O–H groups in total. The van der Waals surface area contributed by atoms with Crippen molar-refractivity contribution in [2.75, 3.05) is 0 Å². The van der Waals surface area contributed by atoms with Crippen molar-refractivity contribution < 1.29 is 14.7 Å². The Balaban J connectivity index is 1.73. The molecule has 7 atom stereocenters. The first-order valence-electron chi connectivity index (χ1n) is 9.98. The van der Waals surface area contributed by atoms with E-state index in [1.165, 1.54) is 0 Å². The van der Waals surface area contributed by atoms with Crippen LogP contribution in [0.4, 0.5) is 0 Å². The minimum atomic E-state index is -0.481. The maximum absolute atomic E-state index is 12.5. The molecule has 3 fully saturated rings. The van der Waals surface area contributed by atoms with Crippen LogP contribution in [-0.4, -0.2) is 35.1 Å². The van der Waals surface area contributed by atoms with Crippen LogP contribution in [0, 0.1) is 29.1 Å². The molecule has 142 valence electrons. The number of hydrogen-bond acceptors (Lipinski definition) is 3. The number of fused-ring (bicyclic) bond motifs is 1. The SMILES string of the molecule is CC(=O)N[C@H]1CC[C@]2(C)CC[C@@H](C(C)C(=O)NC3CC3)[C@H](O)[C@H]2[C@@H]1C. The van der Waals surface area contributed by atoms with Crippen LogP contribution in [0.1, 0.15) is 66.2 Å². The smallest absolute Gasteiger partial charge is 0.223 e. The Morgan fingerprint density at radius 2 is 1.76 bits per heavy atom. The minimum absolute atomic E-state index is 0.000480. The minimum Gasteiger partial charge on any atom is -0.392 e. The van der Waals surface area contributed by atoms with Gasteiger partial charge in [0, 0.05) is 24.9 Å². The van der Waals surface area contributed by atoms with Crippen LogP contribution in [-0.2, 0) is 9.59 Å². The normalized spacial score (nSPS) is 42.2. The Labute approximate surface area is 151 Å². The molecule has 0 radical (unpaired) electrons. The summed E-state index contributed by atoms with van der Waals surface area (Å²) in [5.41, 5.74) is 0.108. The van der Waals surface area contributed by atoms with Crippen molar-refractivity contribution in [3.63, 3.8) is 0 Å². The van der Waals surface area contributed by atoms with Crippen LogP contribution in [0.2, 0.25) is 0 Å². The van der Waals surface area contributed by atoms with Gasteiger partial charge in [0.15, 0.2) is 0 Å². The molecule has 5 heteroatoms. The van der Waals surface area contributed by atoms with E-state index in [4.69, 9.17) is 0 Å². The van der Waals surface area contributed by atoms with E-state index in [-0.39, 0.29) is 46.9 Å². The van der Waals surface area contributed by atoms with Crippen LogP contribution >= 0.6 is 0 Å². The molecule has 3 aliphatic carbocycles. The van der Waals surface area contributed by atoms with E-state index in [1.807, 2.05) is 6.92 Å². The Morgan fingerprint density at radius 1 is 1.12 bits per heavy atom. The van der Waals surface area contributed by atoms with Gasteiger partial charge in [0.25, 0.3) is 0 Å². The lowest BCUT2D eigenvalue weighted by Gasteiger charge is -2.56. The second-order valence-electron chi connectivity index (χ2n) is 9.15. The summed E-state index contributed by atoms with van der Waals surface area (Å²) in [5.74, 6) is 0.299. The van der Waals surface area contributed by atoms with E-state index >= 15 is 0 Å². The maximum Gasteiger partial charge on any atom is 0.223 e. The highest BCUT2D eigenvalue weighted by atomic mass is 16.3. The number of aliphatic hydroxyl groups is 1. The summed E-state index contributed by atoms with van der Waals surface area (Å²) in [6.07, 6.45) is 5.65. The van der Waals surface area contributed by atoms with Gasteiger partial charge >= 0.3 is 0 Å². The van der Waals surface area contributed by atoms with Gasteiger partial charge in [-0.15, -0.1) is 0 Å². The Hall–Kier alpha value is -1.10. The first-order chi connectivity index (χ1) is 11.7. The number of rotatable bonds is 4. The zero-order valence-corrected chi connectivity index (χ0v) is 16.0. The average Bonchev–Trinajstić information content (AvgIpc) is 3.33. The maximum atomic E-state index is 12.5. The molecular formula is C20H34N2O3. The summed E-state index contributed by atoms with van der Waals surface area (Å²) >= 11 is 0. The fraction of sp³-hybridized carbons (Fsp3) is 0.900. The van der Waals surface area contributed by atoms with E-state index in [2.05, 4.69) is 24.5 Å². The van der Waals surface area contributed by atoms with Crippen LogP contribution in [0.15, 0.2) is 0 Å². The number of carbonyl (C=O) groups excluding carboxylic acids is 2. The van der Waals surface area contributed by atoms with Gasteiger partial charge in [-0.1, -0.05) is 20.8 Å². The van der Waals surface area contributed by atoms with Gasteiger partial charge < -0.3 is 15.7 Å². The molecule has 0 bridgehead atoms. The molecule has 3 saturated carbocycles. The predicted octanol–water partition coefficient (Wildman–Crippen LogP) is 2.23. The first-order valence-corrected chi connectivity index (χ1v) is 9.98. The molecule has 25 heavy (non-hydrogen) atoms. The lowest BCUT2D eigenvalue weighted by Crippen LogP contribution is -2.58. The van der Waals surface area contributed by atoms with E-state index in [0.29, 0.717) is 6.04 Å². The highest BCUT2D eigenvalue weighted by Crippen LogP contribution is 2.55. The fourth-order valence-electron chi connectivity index (χ4n) is 5.51. The highest BCUT2D eigenvalue weighted by Gasteiger charge is 2.53. The van der Waals surface area contributed by atoms with E-state index in [9.17, 15) is 14.7 Å². The van der Waals surface area contributed by atoms with Gasteiger partial charge in [0.1, 0.15) is 0 Å². The lowest BCUT2D eigenvalue weighted by molar-refractivity contribution is -0.143. The summed E-state index contributed by atoms with van der Waals surface area (Å²) in [5, 5.41) is 17.4. The number of hydrogen-bond donors (Lipinski definition) is 3. The molecule has 1 unspecified atom stereocenters. The molecule has 2 amide bonds. The molecule has 3 rings (SSSR count). The van der Waals surface area contributed by atoms with Crippen molar-refractivity contribution in [2.45, 2.75) is 84.4 Å². The topological polar surface area (TPSA) is 78.4 Å². The van der Waals surface area contributed by atoms with Gasteiger partial charge in [-0.2, -0.15) is 0 Å². The molecule has 3 aliphatic rings.